The summed E-state index contributed by atoms with van der Waals surface area (Å²) < 4.78 is 0. The molecule has 1 N–H and O–H groups in total. The van der Waals surface area contributed by atoms with Crippen molar-refractivity contribution in [2.24, 2.45) is 45.1 Å². The summed E-state index contributed by atoms with van der Waals surface area (Å²) in [6, 6.07) is 0.432. The predicted octanol–water partition coefficient (Wildman–Crippen LogP) is 6.36. The number of fused-ring (bicyclic) bond motifs is 5. The number of nitrogens with zero attached hydrogens (tertiary/aromatic N) is 2. The highest BCUT2D eigenvalue weighted by Crippen LogP contribution is 2.66. The van der Waals surface area contributed by atoms with Gasteiger partial charge in [-0.15, -0.1) is 0 Å². The molecule has 0 aromatic heterocycles. The lowest BCUT2D eigenvalue weighted by Gasteiger charge is -2.58. The number of carbonyl (C=O) groups excluding carboxylic acids is 2. The summed E-state index contributed by atoms with van der Waals surface area (Å²) in [6.45, 7) is 13.3. The molecule has 1 heterocycles. The lowest BCUT2D eigenvalue weighted by atomic mass is 9.46. The predicted molar refractivity (Wildman–Crippen MR) is 147 cm³/mol. The number of carbonyl (C=O) groups is 2. The first-order chi connectivity index (χ1) is 17.5. The molecular weight excluding hydrogens is 462 g/mol. The molecule has 5 aliphatic rings. The van der Waals surface area contributed by atoms with Crippen LogP contribution in [-0.2, 0) is 9.63 Å². The third-order valence-electron chi connectivity index (χ3n) is 11.9. The van der Waals surface area contributed by atoms with Crippen LogP contribution in [0.5, 0.6) is 0 Å². The largest absolute Gasteiger partial charge is 0.435 e. The van der Waals surface area contributed by atoms with Gasteiger partial charge < -0.3 is 10.2 Å². The zero-order valence-corrected chi connectivity index (χ0v) is 24.1. The Morgan fingerprint density at radius 1 is 1.08 bits per heavy atom. The number of hydrogen-bond acceptors (Lipinski definition) is 5. The van der Waals surface area contributed by atoms with Gasteiger partial charge in [0.15, 0.2) is 5.78 Å². The molecule has 4 fully saturated rings. The highest BCUT2D eigenvalue weighted by Gasteiger charge is 2.59. The van der Waals surface area contributed by atoms with Gasteiger partial charge in [-0.05, 0) is 111 Å². The Hall–Kier alpha value is -1.69. The minimum atomic E-state index is -0.357. The molecule has 0 bridgehead atoms. The molecule has 7 atom stereocenters. The van der Waals surface area contributed by atoms with Crippen molar-refractivity contribution in [1.29, 1.82) is 0 Å². The van der Waals surface area contributed by atoms with Crippen molar-refractivity contribution in [3.63, 3.8) is 0 Å². The average Bonchev–Trinajstić information content (AvgIpc) is 3.39. The van der Waals surface area contributed by atoms with Gasteiger partial charge in [0.1, 0.15) is 0 Å². The van der Waals surface area contributed by atoms with Crippen LogP contribution in [0.3, 0.4) is 0 Å². The number of oxime groups is 1. The summed E-state index contributed by atoms with van der Waals surface area (Å²) in [6.07, 6.45) is 12.6. The third-order valence-corrected chi connectivity index (χ3v) is 11.9. The number of allylic oxidation sites excluding steroid dienone is 1. The number of amides is 1. The summed E-state index contributed by atoms with van der Waals surface area (Å²) in [5.41, 5.74) is 3.12. The second-order valence-electron chi connectivity index (χ2n) is 14.2. The number of rotatable bonds is 5. The molecule has 6 nitrogen and oxygen atoms in total. The molecule has 0 spiro atoms. The quantitative estimate of drug-likeness (QED) is 0.265. The van der Waals surface area contributed by atoms with Crippen LogP contribution in [0.1, 0.15) is 98.8 Å². The second kappa shape index (κ2) is 9.81. The highest BCUT2D eigenvalue weighted by molar-refractivity contribution is 5.91. The van der Waals surface area contributed by atoms with Crippen molar-refractivity contribution in [2.75, 3.05) is 20.1 Å². The van der Waals surface area contributed by atoms with Gasteiger partial charge in [-0.2, -0.15) is 0 Å². The van der Waals surface area contributed by atoms with Crippen molar-refractivity contribution in [3.05, 3.63) is 11.6 Å². The maximum atomic E-state index is 12.7. The van der Waals surface area contributed by atoms with E-state index in [1.54, 1.807) is 4.90 Å². The van der Waals surface area contributed by atoms with E-state index < -0.39 is 0 Å². The van der Waals surface area contributed by atoms with Crippen molar-refractivity contribution in [3.8, 4) is 0 Å². The number of ketones is 1. The fraction of sp³-hybridized carbons (Fsp3) is 0.839. The van der Waals surface area contributed by atoms with E-state index in [-0.39, 0.29) is 22.3 Å². The molecular formula is C31H49N3O3. The molecule has 5 rings (SSSR count). The summed E-state index contributed by atoms with van der Waals surface area (Å²) in [4.78, 5) is 32.0. The van der Waals surface area contributed by atoms with Crippen molar-refractivity contribution >= 4 is 17.6 Å². The smallest absolute Gasteiger partial charge is 0.313 e. The Balaban J connectivity index is 1.20. The van der Waals surface area contributed by atoms with E-state index in [1.807, 2.05) is 13.1 Å². The van der Waals surface area contributed by atoms with Gasteiger partial charge in [0.05, 0.1) is 5.71 Å². The first kappa shape index (κ1) is 26.9. The number of hydrogen-bond donors (Lipinski definition) is 1. The Morgan fingerprint density at radius 2 is 1.86 bits per heavy atom. The molecule has 1 unspecified atom stereocenters. The monoisotopic (exact) mass is 511 g/mol. The third kappa shape index (κ3) is 4.70. The maximum Gasteiger partial charge on any atom is 0.435 e. The van der Waals surface area contributed by atoms with Crippen molar-refractivity contribution < 1.29 is 14.4 Å². The molecule has 3 saturated carbocycles. The van der Waals surface area contributed by atoms with Gasteiger partial charge in [-0.25, -0.2) is 4.79 Å². The zero-order chi connectivity index (χ0) is 26.6. The summed E-state index contributed by atoms with van der Waals surface area (Å²) in [5, 5.41) is 8.00. The molecule has 0 radical (unpaired) electrons. The van der Waals surface area contributed by atoms with Crippen LogP contribution in [0, 0.1) is 39.9 Å². The lowest BCUT2D eigenvalue weighted by Crippen LogP contribution is -2.51. The van der Waals surface area contributed by atoms with E-state index in [2.05, 4.69) is 45.1 Å². The molecule has 1 amide bonds. The molecule has 206 valence electrons. The Bertz CT molecular complexity index is 986. The van der Waals surface area contributed by atoms with Gasteiger partial charge in [0.2, 0.25) is 0 Å². The van der Waals surface area contributed by atoms with Crippen LogP contribution < -0.4 is 5.32 Å². The second-order valence-corrected chi connectivity index (χ2v) is 14.2. The fourth-order valence-corrected chi connectivity index (χ4v) is 9.42. The SMILES string of the molecule is C/C(=N\OC(=O)N(C)CCC1NCCC1(C)C)[C@H]1CC[C@H]2[C@@H]3CCC4=CC(=O)CC[C@]4(C)[C@H]3CC[C@]12C. The summed E-state index contributed by atoms with van der Waals surface area (Å²) in [7, 11) is 1.81. The van der Waals surface area contributed by atoms with Gasteiger partial charge in [0.25, 0.3) is 0 Å². The van der Waals surface area contributed by atoms with E-state index in [1.165, 1.54) is 37.7 Å². The van der Waals surface area contributed by atoms with Crippen LogP contribution in [0.25, 0.3) is 0 Å². The first-order valence-corrected chi connectivity index (χ1v) is 14.9. The van der Waals surface area contributed by atoms with Gasteiger partial charge >= 0.3 is 6.09 Å². The molecule has 1 aliphatic heterocycles. The molecule has 37 heavy (non-hydrogen) atoms. The standard InChI is InChI=1S/C31H49N3O3/c1-20(33-37-28(36)34(6)18-13-27-29(2,3)16-17-32-27)24-9-10-25-23-8-7-21-19-22(35)11-14-30(21,4)26(23)12-15-31(24,25)5/h19,23-27,32H,7-18H2,1-6H3/b33-20+/t23-,24+,25-,26-,27?,30-,31+/m0/s1. The van der Waals surface area contributed by atoms with E-state index in [4.69, 9.17) is 4.84 Å². The van der Waals surface area contributed by atoms with Gasteiger partial charge in [-0.1, -0.05) is 38.4 Å². The normalized spacial score (nSPS) is 40.9. The van der Waals surface area contributed by atoms with Crippen LogP contribution >= 0.6 is 0 Å². The Kier molecular flexibility index (Phi) is 7.13. The van der Waals surface area contributed by atoms with Crippen molar-refractivity contribution in [2.45, 2.75) is 105 Å². The van der Waals surface area contributed by atoms with Gasteiger partial charge in [-0.3, -0.25) is 9.63 Å². The lowest BCUT2D eigenvalue weighted by molar-refractivity contribution is -0.117. The van der Waals surface area contributed by atoms with E-state index in [9.17, 15) is 9.59 Å². The van der Waals surface area contributed by atoms with Crippen LogP contribution in [0.15, 0.2) is 16.8 Å². The highest BCUT2D eigenvalue weighted by atomic mass is 16.7. The van der Waals surface area contributed by atoms with E-state index in [0.29, 0.717) is 42.5 Å². The topological polar surface area (TPSA) is 71.0 Å². The van der Waals surface area contributed by atoms with E-state index in [0.717, 1.165) is 43.9 Å². The first-order valence-electron chi connectivity index (χ1n) is 14.9. The molecule has 0 aromatic rings. The van der Waals surface area contributed by atoms with E-state index >= 15 is 0 Å². The Morgan fingerprint density at radius 3 is 2.59 bits per heavy atom. The zero-order valence-electron chi connectivity index (χ0n) is 24.1. The van der Waals surface area contributed by atoms with Crippen molar-refractivity contribution in [1.82, 2.24) is 10.2 Å². The molecule has 1 saturated heterocycles. The average molecular weight is 512 g/mol. The minimum absolute atomic E-state index is 0.211. The minimum Gasteiger partial charge on any atom is -0.313 e. The summed E-state index contributed by atoms with van der Waals surface area (Å²) >= 11 is 0. The molecule has 6 heteroatoms. The summed E-state index contributed by atoms with van der Waals surface area (Å²) in [5.74, 6) is 2.82. The van der Waals surface area contributed by atoms with Crippen LogP contribution in [0.4, 0.5) is 4.79 Å². The Labute approximate surface area is 224 Å². The number of nitrogens with one attached hydrogen (secondary N) is 1. The maximum absolute atomic E-state index is 12.7. The van der Waals surface area contributed by atoms with Crippen LogP contribution in [0.2, 0.25) is 0 Å². The fourth-order valence-electron chi connectivity index (χ4n) is 9.42. The molecule has 4 aliphatic carbocycles. The van der Waals surface area contributed by atoms with Gasteiger partial charge in [0, 0.05) is 32.0 Å². The molecule has 0 aromatic carbocycles. The van der Waals surface area contributed by atoms with Crippen LogP contribution in [-0.4, -0.2) is 48.7 Å².